The Labute approximate surface area is 96.3 Å². The van der Waals surface area contributed by atoms with Gasteiger partial charge in [0.05, 0.1) is 19.0 Å². The molecule has 0 unspecified atom stereocenters. The van der Waals surface area contributed by atoms with E-state index in [4.69, 9.17) is 9.05 Å². The van der Waals surface area contributed by atoms with Gasteiger partial charge in [0.25, 0.3) is 0 Å². The van der Waals surface area contributed by atoms with Crippen molar-refractivity contribution in [1.82, 2.24) is 0 Å². The third-order valence-corrected chi connectivity index (χ3v) is 5.67. The van der Waals surface area contributed by atoms with Crippen LogP contribution in [-0.2, 0) is 13.6 Å². The van der Waals surface area contributed by atoms with Gasteiger partial charge in [0.2, 0.25) is 0 Å². The van der Waals surface area contributed by atoms with Crippen LogP contribution >= 0.6 is 18.2 Å². The highest BCUT2D eigenvalue weighted by molar-refractivity contribution is 8.55. The van der Waals surface area contributed by atoms with Gasteiger partial charge in [0.15, 0.2) is 6.54 Å². The van der Waals surface area contributed by atoms with Crippen molar-refractivity contribution in [2.75, 3.05) is 32.6 Å². The summed E-state index contributed by atoms with van der Waals surface area (Å²) >= 11 is 1.27. The maximum Gasteiger partial charge on any atom is 0.389 e. The van der Waals surface area contributed by atoms with Crippen molar-refractivity contribution in [1.29, 1.82) is 0 Å². The van der Waals surface area contributed by atoms with Crippen LogP contribution in [0.25, 0.3) is 0 Å². The molecular formula is C9H21NO3PS+. The maximum absolute atomic E-state index is 12.0. The number of nitrogens with zero attached hydrogens (tertiary/aromatic N) is 1. The second-order valence-corrected chi connectivity index (χ2v) is 7.05. The summed E-state index contributed by atoms with van der Waals surface area (Å²) in [5, 5.41) is 0. The molecule has 0 aromatic rings. The topological polar surface area (TPSA) is 38.5 Å². The SMILES string of the molecule is C/C=[N+](/C)CCSP(=O)(OCC)OCC. The van der Waals surface area contributed by atoms with E-state index < -0.39 is 6.80 Å². The first kappa shape index (κ1) is 15.2. The molecule has 0 N–H and O–H groups in total. The van der Waals surface area contributed by atoms with Gasteiger partial charge >= 0.3 is 6.80 Å². The van der Waals surface area contributed by atoms with Crippen LogP contribution in [-0.4, -0.2) is 43.3 Å². The zero-order chi connectivity index (χ0) is 11.7. The maximum atomic E-state index is 12.0. The molecule has 0 aromatic heterocycles. The first-order valence-electron chi connectivity index (χ1n) is 5.11. The van der Waals surface area contributed by atoms with Gasteiger partial charge < -0.3 is 9.05 Å². The molecule has 0 aliphatic heterocycles. The van der Waals surface area contributed by atoms with Crippen molar-refractivity contribution >= 4 is 24.4 Å². The second-order valence-electron chi connectivity index (χ2n) is 2.85. The van der Waals surface area contributed by atoms with Crippen molar-refractivity contribution in [3.63, 3.8) is 0 Å². The van der Waals surface area contributed by atoms with Crippen LogP contribution in [0.2, 0.25) is 0 Å². The van der Waals surface area contributed by atoms with Crippen LogP contribution < -0.4 is 0 Å². The normalized spacial score (nSPS) is 13.2. The highest BCUT2D eigenvalue weighted by Gasteiger charge is 2.24. The van der Waals surface area contributed by atoms with Crippen LogP contribution in [0, 0.1) is 0 Å². The summed E-state index contributed by atoms with van der Waals surface area (Å²) in [5.74, 6) is 0.734. The molecule has 0 aliphatic rings. The molecule has 0 heterocycles. The number of hydrogen-bond donors (Lipinski definition) is 0. The van der Waals surface area contributed by atoms with E-state index in [9.17, 15) is 4.57 Å². The Bertz CT molecular complexity index is 236. The van der Waals surface area contributed by atoms with Crippen LogP contribution in [0.4, 0.5) is 0 Å². The Morgan fingerprint density at radius 2 is 1.87 bits per heavy atom. The van der Waals surface area contributed by atoms with Gasteiger partial charge in [0.1, 0.15) is 13.3 Å². The van der Waals surface area contributed by atoms with Crippen LogP contribution in [0.15, 0.2) is 0 Å². The monoisotopic (exact) mass is 254 g/mol. The van der Waals surface area contributed by atoms with E-state index in [-0.39, 0.29) is 0 Å². The van der Waals surface area contributed by atoms with E-state index in [2.05, 4.69) is 0 Å². The quantitative estimate of drug-likeness (QED) is 0.379. The first-order chi connectivity index (χ1) is 7.08. The zero-order valence-corrected chi connectivity index (χ0v) is 11.6. The number of rotatable bonds is 8. The second kappa shape index (κ2) is 8.34. The van der Waals surface area contributed by atoms with Crippen molar-refractivity contribution in [3.05, 3.63) is 0 Å². The highest BCUT2D eigenvalue weighted by atomic mass is 32.7. The minimum Gasteiger partial charge on any atom is -0.301 e. The Morgan fingerprint density at radius 1 is 1.33 bits per heavy atom. The van der Waals surface area contributed by atoms with Crippen LogP contribution in [0.1, 0.15) is 20.8 Å². The lowest BCUT2D eigenvalue weighted by atomic mass is 10.7. The third-order valence-electron chi connectivity index (χ3n) is 1.71. The van der Waals surface area contributed by atoms with Crippen molar-refractivity contribution in [2.24, 2.45) is 0 Å². The predicted molar refractivity (Wildman–Crippen MR) is 66.1 cm³/mol. The summed E-state index contributed by atoms with van der Waals surface area (Å²) in [5.41, 5.74) is 0. The summed E-state index contributed by atoms with van der Waals surface area (Å²) in [6, 6.07) is 0. The van der Waals surface area contributed by atoms with Crippen LogP contribution in [0.3, 0.4) is 0 Å². The van der Waals surface area contributed by atoms with Gasteiger partial charge in [-0.3, -0.25) is 0 Å². The van der Waals surface area contributed by atoms with E-state index >= 15 is 0 Å². The zero-order valence-electron chi connectivity index (χ0n) is 9.93. The molecule has 15 heavy (non-hydrogen) atoms. The summed E-state index contributed by atoms with van der Waals surface area (Å²) in [7, 11) is 1.98. The fraction of sp³-hybridized carbons (Fsp3) is 0.889. The predicted octanol–water partition coefficient (Wildman–Crippen LogP) is 2.63. The molecule has 6 heteroatoms. The van der Waals surface area contributed by atoms with Crippen molar-refractivity contribution in [2.45, 2.75) is 20.8 Å². The first-order valence-corrected chi connectivity index (χ1v) is 8.24. The molecule has 0 bridgehead atoms. The average Bonchev–Trinajstić information content (AvgIpc) is 2.18. The minimum atomic E-state index is -2.91. The lowest BCUT2D eigenvalue weighted by Crippen LogP contribution is -2.09. The fourth-order valence-corrected chi connectivity index (χ4v) is 4.30. The van der Waals surface area contributed by atoms with Gasteiger partial charge in [-0.2, -0.15) is 0 Å². The molecule has 0 saturated carbocycles. The molecular weight excluding hydrogens is 233 g/mol. The highest BCUT2D eigenvalue weighted by Crippen LogP contribution is 2.60. The smallest absolute Gasteiger partial charge is 0.301 e. The van der Waals surface area contributed by atoms with Gasteiger partial charge in [-0.25, -0.2) is 9.14 Å². The molecule has 0 spiro atoms. The van der Waals surface area contributed by atoms with Crippen molar-refractivity contribution in [3.8, 4) is 0 Å². The lowest BCUT2D eigenvalue weighted by molar-refractivity contribution is -0.487. The van der Waals surface area contributed by atoms with E-state index in [1.54, 1.807) is 0 Å². The molecule has 90 valence electrons. The van der Waals surface area contributed by atoms with Gasteiger partial charge in [0, 0.05) is 6.92 Å². The average molecular weight is 254 g/mol. The van der Waals surface area contributed by atoms with E-state index in [1.807, 2.05) is 38.6 Å². The summed E-state index contributed by atoms with van der Waals surface area (Å²) in [6.45, 7) is 4.36. The number of hydrogen-bond acceptors (Lipinski definition) is 4. The Balaban J connectivity index is 4.01. The van der Waals surface area contributed by atoms with Crippen molar-refractivity contribution < 1.29 is 18.2 Å². The minimum absolute atomic E-state index is 0.417. The van der Waals surface area contributed by atoms with E-state index in [1.165, 1.54) is 11.4 Å². The van der Waals surface area contributed by atoms with E-state index in [0.717, 1.165) is 12.3 Å². The molecule has 0 rings (SSSR count). The largest absolute Gasteiger partial charge is 0.389 e. The third kappa shape index (κ3) is 7.12. The molecule has 0 saturated heterocycles. The fourth-order valence-electron chi connectivity index (χ4n) is 0.854. The molecule has 0 fully saturated rings. The Hall–Kier alpha value is 0.170. The summed E-state index contributed by atoms with van der Waals surface area (Å²) < 4.78 is 24.3. The van der Waals surface area contributed by atoms with E-state index in [0.29, 0.717) is 13.2 Å². The summed E-state index contributed by atoms with van der Waals surface area (Å²) in [6.07, 6.45) is 1.98. The Kier molecular flexibility index (Phi) is 8.43. The Morgan fingerprint density at radius 3 is 2.27 bits per heavy atom. The molecule has 0 amide bonds. The molecule has 0 aromatic carbocycles. The van der Waals surface area contributed by atoms with Gasteiger partial charge in [-0.05, 0) is 25.2 Å². The summed E-state index contributed by atoms with van der Waals surface area (Å²) in [4.78, 5) is 0. The molecule has 0 aliphatic carbocycles. The van der Waals surface area contributed by atoms with Gasteiger partial charge in [-0.15, -0.1) is 0 Å². The lowest BCUT2D eigenvalue weighted by Gasteiger charge is -2.14. The molecule has 0 radical (unpaired) electrons. The van der Waals surface area contributed by atoms with Gasteiger partial charge in [-0.1, -0.05) is 0 Å². The molecule has 4 nitrogen and oxygen atoms in total. The van der Waals surface area contributed by atoms with Crippen LogP contribution in [0.5, 0.6) is 0 Å². The molecule has 0 atom stereocenters. The standard InChI is InChI=1S/C9H21NO3PS/c1-5-10(4)8-9-15-14(11,12-6-2)13-7-3/h5H,6-9H2,1-4H3/q+1/b10-5-.